The lowest BCUT2D eigenvalue weighted by molar-refractivity contribution is 0.815. The molecule has 0 amide bonds. The molecule has 0 fully saturated rings. The Bertz CT molecular complexity index is 247. The summed E-state index contributed by atoms with van der Waals surface area (Å²) < 4.78 is 1.10. The van der Waals surface area contributed by atoms with Crippen LogP contribution in [0.25, 0.3) is 0 Å². The van der Waals surface area contributed by atoms with Gasteiger partial charge in [-0.1, -0.05) is 0 Å². The summed E-state index contributed by atoms with van der Waals surface area (Å²) in [7, 11) is 0. The van der Waals surface area contributed by atoms with Crippen LogP contribution in [0.3, 0.4) is 0 Å². The fourth-order valence-electron chi connectivity index (χ4n) is 0.899. The largest absolute Gasteiger partial charge is 0.324 e. The average molecular weight is 255 g/mol. The molecule has 0 aliphatic heterocycles. The van der Waals surface area contributed by atoms with Crippen molar-refractivity contribution in [2.75, 3.05) is 0 Å². The third-order valence-corrected chi connectivity index (χ3v) is 3.50. The summed E-state index contributed by atoms with van der Waals surface area (Å²) in [5, 5.41) is 0. The summed E-state index contributed by atoms with van der Waals surface area (Å²) in [5.74, 6) is 0.549. The van der Waals surface area contributed by atoms with E-state index >= 15 is 0 Å². The van der Waals surface area contributed by atoms with Crippen LogP contribution in [0.2, 0.25) is 0 Å². The van der Waals surface area contributed by atoms with Gasteiger partial charge in [0.25, 0.3) is 0 Å². The molecule has 1 heterocycles. The Morgan fingerprint density at radius 1 is 1.82 bits per heavy atom. The highest BCUT2D eigenvalue weighted by atomic mass is 79.9. The average Bonchev–Trinajstić information content (AvgIpc) is 2.30. The van der Waals surface area contributed by atoms with Gasteiger partial charge in [0.15, 0.2) is 0 Å². The Morgan fingerprint density at radius 2 is 2.45 bits per heavy atom. The van der Waals surface area contributed by atoms with Crippen LogP contribution < -0.4 is 5.73 Å². The fraction of sp³-hybridized carbons (Fsp3) is 0.429. The number of rotatable bonds is 2. The van der Waals surface area contributed by atoms with Crippen molar-refractivity contribution in [1.29, 1.82) is 0 Å². The lowest BCUT2D eigenvalue weighted by Gasteiger charge is -2.02. The first-order valence-corrected chi connectivity index (χ1v) is 5.39. The minimum absolute atomic E-state index is 0.0753. The minimum Gasteiger partial charge on any atom is -0.324 e. The van der Waals surface area contributed by atoms with Crippen LogP contribution in [0.1, 0.15) is 23.4 Å². The maximum absolute atomic E-state index is 5.73. The highest BCUT2D eigenvalue weighted by Gasteiger charge is 2.09. The Kier molecular flexibility index (Phi) is 3.37. The molecular weight excluding hydrogens is 246 g/mol. The second kappa shape index (κ2) is 3.90. The lowest BCUT2D eigenvalue weighted by atomic mass is 10.1. The van der Waals surface area contributed by atoms with Crippen LogP contribution in [-0.2, 0) is 5.88 Å². The van der Waals surface area contributed by atoms with E-state index in [1.165, 1.54) is 0 Å². The van der Waals surface area contributed by atoms with Gasteiger partial charge in [0.2, 0.25) is 0 Å². The molecule has 1 nitrogen and oxygen atoms in total. The quantitative estimate of drug-likeness (QED) is 0.806. The van der Waals surface area contributed by atoms with Gasteiger partial charge in [-0.15, -0.1) is 22.9 Å². The zero-order valence-electron chi connectivity index (χ0n) is 6.10. The summed E-state index contributed by atoms with van der Waals surface area (Å²) >= 11 is 10.8. The molecule has 11 heavy (non-hydrogen) atoms. The zero-order valence-corrected chi connectivity index (χ0v) is 9.26. The first-order valence-electron chi connectivity index (χ1n) is 3.24. The van der Waals surface area contributed by atoms with Gasteiger partial charge in [0.05, 0.1) is 9.67 Å². The summed E-state index contributed by atoms with van der Waals surface area (Å²) in [6.07, 6.45) is 0. The molecule has 0 saturated heterocycles. The van der Waals surface area contributed by atoms with E-state index in [1.54, 1.807) is 11.3 Å². The highest BCUT2D eigenvalue weighted by molar-refractivity contribution is 9.11. The van der Waals surface area contributed by atoms with Crippen LogP contribution in [0, 0.1) is 0 Å². The Morgan fingerprint density at radius 3 is 2.82 bits per heavy atom. The second-order valence-corrected chi connectivity index (χ2v) is 5.13. The van der Waals surface area contributed by atoms with E-state index in [0.29, 0.717) is 5.88 Å². The molecule has 1 aromatic heterocycles. The minimum atomic E-state index is 0.0753. The third-order valence-electron chi connectivity index (χ3n) is 1.42. The molecule has 1 atom stereocenters. The van der Waals surface area contributed by atoms with Crippen molar-refractivity contribution in [3.8, 4) is 0 Å². The van der Waals surface area contributed by atoms with E-state index in [2.05, 4.69) is 15.9 Å². The third kappa shape index (κ3) is 2.18. The van der Waals surface area contributed by atoms with Gasteiger partial charge in [-0.2, -0.15) is 0 Å². The topological polar surface area (TPSA) is 26.0 Å². The molecule has 0 radical (unpaired) electrons. The van der Waals surface area contributed by atoms with Crippen molar-refractivity contribution in [2.24, 2.45) is 5.73 Å². The predicted octanol–water partition coefficient (Wildman–Crippen LogP) is 3.27. The zero-order chi connectivity index (χ0) is 8.43. The van der Waals surface area contributed by atoms with E-state index in [-0.39, 0.29) is 6.04 Å². The summed E-state index contributed by atoms with van der Waals surface area (Å²) in [4.78, 5) is 1.16. The molecule has 0 aliphatic rings. The summed E-state index contributed by atoms with van der Waals surface area (Å²) in [5.41, 5.74) is 6.88. The van der Waals surface area contributed by atoms with E-state index in [0.717, 1.165) is 14.2 Å². The molecule has 0 aromatic carbocycles. The van der Waals surface area contributed by atoms with E-state index < -0.39 is 0 Å². The van der Waals surface area contributed by atoms with Gasteiger partial charge in [-0.25, -0.2) is 0 Å². The van der Waals surface area contributed by atoms with Crippen molar-refractivity contribution >= 4 is 38.9 Å². The van der Waals surface area contributed by atoms with Gasteiger partial charge in [0, 0.05) is 10.9 Å². The number of hydrogen-bond acceptors (Lipinski definition) is 2. The molecule has 1 rings (SSSR count). The molecule has 1 unspecified atom stereocenters. The highest BCUT2D eigenvalue weighted by Crippen LogP contribution is 2.31. The van der Waals surface area contributed by atoms with Crippen molar-refractivity contribution < 1.29 is 0 Å². The maximum atomic E-state index is 5.73. The molecule has 0 bridgehead atoms. The Labute approximate surface area is 83.7 Å². The molecular formula is C7H9BrClNS. The number of thiophene rings is 1. The summed E-state index contributed by atoms with van der Waals surface area (Å²) in [6, 6.07) is 2.11. The molecule has 0 saturated carbocycles. The number of alkyl halides is 1. The molecule has 2 N–H and O–H groups in total. The van der Waals surface area contributed by atoms with E-state index in [9.17, 15) is 0 Å². The van der Waals surface area contributed by atoms with Crippen molar-refractivity contribution in [2.45, 2.75) is 18.8 Å². The predicted molar refractivity (Wildman–Crippen MR) is 54.2 cm³/mol. The van der Waals surface area contributed by atoms with Crippen LogP contribution in [0.15, 0.2) is 9.85 Å². The lowest BCUT2D eigenvalue weighted by Crippen LogP contribution is -2.05. The van der Waals surface area contributed by atoms with Crippen LogP contribution in [0.4, 0.5) is 0 Å². The number of halogens is 2. The van der Waals surface area contributed by atoms with Gasteiger partial charge >= 0.3 is 0 Å². The smallest absolute Gasteiger partial charge is 0.0705 e. The molecule has 62 valence electrons. The van der Waals surface area contributed by atoms with E-state index in [4.69, 9.17) is 17.3 Å². The van der Waals surface area contributed by atoms with Crippen molar-refractivity contribution in [3.63, 3.8) is 0 Å². The number of nitrogens with two attached hydrogens (primary N) is 1. The Hall–Kier alpha value is 0.430. The molecule has 4 heteroatoms. The second-order valence-electron chi connectivity index (χ2n) is 2.35. The van der Waals surface area contributed by atoms with Gasteiger partial charge in [-0.05, 0) is 34.5 Å². The summed E-state index contributed by atoms with van der Waals surface area (Å²) in [6.45, 7) is 1.96. The normalized spacial score (nSPS) is 13.5. The van der Waals surface area contributed by atoms with Gasteiger partial charge < -0.3 is 5.73 Å². The standard InChI is InChI=1S/C7H9BrClNS/c1-4(10)5-2-7(8)11-6(5)3-9/h2,4H,3,10H2,1H3. The molecule has 0 aliphatic carbocycles. The van der Waals surface area contributed by atoms with Gasteiger partial charge in [0.1, 0.15) is 0 Å². The van der Waals surface area contributed by atoms with Crippen LogP contribution in [0.5, 0.6) is 0 Å². The van der Waals surface area contributed by atoms with Gasteiger partial charge in [-0.3, -0.25) is 0 Å². The maximum Gasteiger partial charge on any atom is 0.0705 e. The first-order chi connectivity index (χ1) is 5.15. The molecule has 0 spiro atoms. The number of hydrogen-bond donors (Lipinski definition) is 1. The SMILES string of the molecule is CC(N)c1cc(Br)sc1CCl. The Balaban J connectivity index is 3.02. The van der Waals surface area contributed by atoms with Crippen LogP contribution in [-0.4, -0.2) is 0 Å². The van der Waals surface area contributed by atoms with Crippen molar-refractivity contribution in [1.82, 2.24) is 0 Å². The molecule has 1 aromatic rings. The van der Waals surface area contributed by atoms with Crippen molar-refractivity contribution in [3.05, 3.63) is 20.3 Å². The van der Waals surface area contributed by atoms with Crippen LogP contribution >= 0.6 is 38.9 Å². The van der Waals surface area contributed by atoms with E-state index in [1.807, 2.05) is 13.0 Å². The fourth-order valence-corrected chi connectivity index (χ4v) is 2.89. The monoisotopic (exact) mass is 253 g/mol. The first kappa shape index (κ1) is 9.52.